The fourth-order valence-corrected chi connectivity index (χ4v) is 1.83. The third kappa shape index (κ3) is 4.82. The number of benzene rings is 1. The number of aliphatic hydroxyl groups is 1. The van der Waals surface area contributed by atoms with Gasteiger partial charge >= 0.3 is 0 Å². The van der Waals surface area contributed by atoms with Crippen LogP contribution >= 0.6 is 0 Å². The molecule has 1 rings (SSSR count). The summed E-state index contributed by atoms with van der Waals surface area (Å²) in [6.45, 7) is 2.15. The van der Waals surface area contributed by atoms with Crippen LogP contribution in [0.25, 0.3) is 0 Å². The van der Waals surface area contributed by atoms with Crippen LogP contribution in [0.3, 0.4) is 0 Å². The van der Waals surface area contributed by atoms with Crippen LogP contribution in [0.15, 0.2) is 18.2 Å². The largest absolute Gasteiger partial charge is 0.388 e. The topological polar surface area (TPSA) is 20.2 Å². The van der Waals surface area contributed by atoms with Crippen molar-refractivity contribution < 1.29 is 13.9 Å². The lowest BCUT2D eigenvalue weighted by atomic mass is 10.0. The maximum Gasteiger partial charge on any atom is 0.159 e. The highest BCUT2D eigenvalue weighted by molar-refractivity contribution is 5.19. The van der Waals surface area contributed by atoms with E-state index in [0.717, 1.165) is 25.0 Å². The van der Waals surface area contributed by atoms with E-state index in [0.29, 0.717) is 12.0 Å². The zero-order chi connectivity index (χ0) is 12.7. The van der Waals surface area contributed by atoms with Crippen LogP contribution in [0.1, 0.15) is 57.1 Å². The van der Waals surface area contributed by atoms with E-state index in [-0.39, 0.29) is 0 Å². The van der Waals surface area contributed by atoms with Crippen molar-refractivity contribution in [2.24, 2.45) is 0 Å². The third-order valence-corrected chi connectivity index (χ3v) is 2.91. The molecule has 0 heterocycles. The van der Waals surface area contributed by atoms with Crippen LogP contribution in [0, 0.1) is 11.6 Å². The minimum absolute atomic E-state index is 0.458. The van der Waals surface area contributed by atoms with Gasteiger partial charge in [0.05, 0.1) is 6.10 Å². The number of rotatable bonds is 7. The molecule has 1 aromatic carbocycles. The van der Waals surface area contributed by atoms with E-state index >= 15 is 0 Å². The van der Waals surface area contributed by atoms with Crippen LogP contribution < -0.4 is 0 Å². The normalized spacial score (nSPS) is 12.7. The molecule has 0 aliphatic heterocycles. The average Bonchev–Trinajstić information content (AvgIpc) is 2.32. The number of hydrogen-bond acceptors (Lipinski definition) is 1. The first kappa shape index (κ1) is 14.1. The summed E-state index contributed by atoms with van der Waals surface area (Å²) in [6.07, 6.45) is 5.48. The minimum Gasteiger partial charge on any atom is -0.388 e. The van der Waals surface area contributed by atoms with Gasteiger partial charge in [0.1, 0.15) is 0 Å². The molecule has 1 unspecified atom stereocenters. The molecule has 1 aromatic rings. The van der Waals surface area contributed by atoms with Gasteiger partial charge in [-0.15, -0.1) is 0 Å². The SMILES string of the molecule is CCCCCCCC(O)c1ccc(F)c(F)c1. The van der Waals surface area contributed by atoms with Gasteiger partial charge in [-0.25, -0.2) is 8.78 Å². The smallest absolute Gasteiger partial charge is 0.159 e. The van der Waals surface area contributed by atoms with Gasteiger partial charge in [-0.1, -0.05) is 45.1 Å². The second-order valence-electron chi connectivity index (χ2n) is 4.39. The van der Waals surface area contributed by atoms with Gasteiger partial charge in [-0.05, 0) is 24.1 Å². The number of halogens is 2. The lowest BCUT2D eigenvalue weighted by Crippen LogP contribution is -1.99. The molecule has 0 bridgehead atoms. The van der Waals surface area contributed by atoms with E-state index in [4.69, 9.17) is 0 Å². The lowest BCUT2D eigenvalue weighted by molar-refractivity contribution is 0.162. The molecule has 1 atom stereocenters. The van der Waals surface area contributed by atoms with Gasteiger partial charge in [0, 0.05) is 0 Å². The van der Waals surface area contributed by atoms with E-state index in [1.165, 1.54) is 25.3 Å². The van der Waals surface area contributed by atoms with Crippen LogP contribution in [0.2, 0.25) is 0 Å². The fraction of sp³-hybridized carbons (Fsp3) is 0.571. The Hall–Kier alpha value is -0.960. The first-order valence-electron chi connectivity index (χ1n) is 6.28. The Bertz CT molecular complexity index is 339. The van der Waals surface area contributed by atoms with Gasteiger partial charge in [0.25, 0.3) is 0 Å². The molecular weight excluding hydrogens is 222 g/mol. The number of aliphatic hydroxyl groups excluding tert-OH is 1. The van der Waals surface area contributed by atoms with E-state index in [1.54, 1.807) is 0 Å². The Labute approximate surface area is 101 Å². The van der Waals surface area contributed by atoms with Gasteiger partial charge in [-0.3, -0.25) is 0 Å². The average molecular weight is 242 g/mol. The maximum atomic E-state index is 12.9. The first-order valence-corrected chi connectivity index (χ1v) is 6.28. The fourth-order valence-electron chi connectivity index (χ4n) is 1.83. The van der Waals surface area contributed by atoms with Crippen molar-refractivity contribution in [1.29, 1.82) is 0 Å². The summed E-state index contributed by atoms with van der Waals surface area (Å²) in [6, 6.07) is 3.58. The summed E-state index contributed by atoms with van der Waals surface area (Å²) < 4.78 is 25.6. The third-order valence-electron chi connectivity index (χ3n) is 2.91. The van der Waals surface area contributed by atoms with Crippen molar-refractivity contribution in [2.45, 2.75) is 51.6 Å². The van der Waals surface area contributed by atoms with Crippen molar-refractivity contribution in [1.82, 2.24) is 0 Å². The van der Waals surface area contributed by atoms with Crippen LogP contribution in [-0.2, 0) is 0 Å². The predicted octanol–water partition coefficient (Wildman–Crippen LogP) is 4.36. The summed E-state index contributed by atoms with van der Waals surface area (Å²) >= 11 is 0. The Morgan fingerprint density at radius 2 is 1.76 bits per heavy atom. The second kappa shape index (κ2) is 7.38. The van der Waals surface area contributed by atoms with Gasteiger partial charge in [0.2, 0.25) is 0 Å². The van der Waals surface area contributed by atoms with Crippen LogP contribution in [0.5, 0.6) is 0 Å². The molecule has 0 radical (unpaired) electrons. The molecule has 0 amide bonds. The van der Waals surface area contributed by atoms with Crippen molar-refractivity contribution >= 4 is 0 Å². The molecule has 17 heavy (non-hydrogen) atoms. The summed E-state index contributed by atoms with van der Waals surface area (Å²) in [5.74, 6) is -1.77. The van der Waals surface area contributed by atoms with Gasteiger partial charge in [0.15, 0.2) is 11.6 Å². The predicted molar refractivity (Wildman–Crippen MR) is 64.7 cm³/mol. The highest BCUT2D eigenvalue weighted by Crippen LogP contribution is 2.21. The van der Waals surface area contributed by atoms with Gasteiger partial charge in [-0.2, -0.15) is 0 Å². The Morgan fingerprint density at radius 3 is 2.41 bits per heavy atom. The highest BCUT2D eigenvalue weighted by atomic mass is 19.2. The standard InChI is InChI=1S/C14H20F2O/c1-2-3-4-5-6-7-14(17)11-8-9-12(15)13(16)10-11/h8-10,14,17H,2-7H2,1H3. The minimum atomic E-state index is -0.896. The zero-order valence-electron chi connectivity index (χ0n) is 10.3. The Kier molecular flexibility index (Phi) is 6.12. The van der Waals surface area contributed by atoms with Crippen LogP contribution in [0.4, 0.5) is 8.78 Å². The molecule has 0 saturated heterocycles. The molecule has 1 N–H and O–H groups in total. The molecule has 96 valence electrons. The van der Waals surface area contributed by atoms with Crippen molar-refractivity contribution in [3.63, 3.8) is 0 Å². The summed E-state index contributed by atoms with van der Waals surface area (Å²) in [7, 11) is 0. The van der Waals surface area contributed by atoms with E-state index in [2.05, 4.69) is 6.92 Å². The maximum absolute atomic E-state index is 12.9. The molecule has 0 saturated carbocycles. The van der Waals surface area contributed by atoms with E-state index in [9.17, 15) is 13.9 Å². The molecule has 3 heteroatoms. The zero-order valence-corrected chi connectivity index (χ0v) is 10.3. The summed E-state index contributed by atoms with van der Waals surface area (Å²) in [5.41, 5.74) is 0.458. The first-order chi connectivity index (χ1) is 8.15. The quantitative estimate of drug-likeness (QED) is 0.704. The summed E-state index contributed by atoms with van der Waals surface area (Å²) in [4.78, 5) is 0. The van der Waals surface area contributed by atoms with E-state index < -0.39 is 17.7 Å². The Morgan fingerprint density at radius 1 is 1.06 bits per heavy atom. The number of hydrogen-bond donors (Lipinski definition) is 1. The molecule has 0 aliphatic carbocycles. The molecule has 0 aromatic heterocycles. The second-order valence-corrected chi connectivity index (χ2v) is 4.39. The monoisotopic (exact) mass is 242 g/mol. The number of unbranched alkanes of at least 4 members (excludes halogenated alkanes) is 4. The van der Waals surface area contributed by atoms with Gasteiger partial charge < -0.3 is 5.11 Å². The molecule has 0 fully saturated rings. The van der Waals surface area contributed by atoms with Crippen molar-refractivity contribution in [3.05, 3.63) is 35.4 Å². The van der Waals surface area contributed by atoms with E-state index in [1.807, 2.05) is 0 Å². The molecule has 0 aliphatic rings. The van der Waals surface area contributed by atoms with Crippen molar-refractivity contribution in [3.8, 4) is 0 Å². The molecular formula is C14H20F2O. The summed E-state index contributed by atoms with van der Waals surface area (Å²) in [5, 5.41) is 9.80. The molecule has 0 spiro atoms. The molecule has 1 nitrogen and oxygen atoms in total. The lowest BCUT2D eigenvalue weighted by Gasteiger charge is -2.11. The van der Waals surface area contributed by atoms with Crippen molar-refractivity contribution in [2.75, 3.05) is 0 Å². The Balaban J connectivity index is 2.36. The van der Waals surface area contributed by atoms with Crippen LogP contribution in [-0.4, -0.2) is 5.11 Å². The highest BCUT2D eigenvalue weighted by Gasteiger charge is 2.10.